The molecule has 1 aliphatic heterocycles. The van der Waals surface area contributed by atoms with Crippen LogP contribution in [-0.2, 0) is 9.47 Å². The summed E-state index contributed by atoms with van der Waals surface area (Å²) in [5.74, 6) is 0.296. The van der Waals surface area contributed by atoms with Gasteiger partial charge in [-0.3, -0.25) is 0 Å². The molecule has 0 bridgehead atoms. The van der Waals surface area contributed by atoms with Crippen LogP contribution >= 0.6 is 0 Å². The highest BCUT2D eigenvalue weighted by molar-refractivity contribution is 4.98. The van der Waals surface area contributed by atoms with Crippen molar-refractivity contribution in [2.24, 2.45) is 5.92 Å². The molecule has 17 heavy (non-hydrogen) atoms. The van der Waals surface area contributed by atoms with Crippen molar-refractivity contribution in [3.63, 3.8) is 0 Å². The summed E-state index contributed by atoms with van der Waals surface area (Å²) in [6, 6.07) is 0. The quantitative estimate of drug-likeness (QED) is 0.826. The summed E-state index contributed by atoms with van der Waals surface area (Å²) in [5.41, 5.74) is -0.672. The van der Waals surface area contributed by atoms with Gasteiger partial charge in [0.15, 0.2) is 0 Å². The smallest absolute Gasteiger partial charge is 0.0907 e. The minimum absolute atomic E-state index is 0.0698. The van der Waals surface area contributed by atoms with E-state index in [2.05, 4.69) is 0 Å². The van der Waals surface area contributed by atoms with Gasteiger partial charge < -0.3 is 14.6 Å². The maximum atomic E-state index is 10.7. The van der Waals surface area contributed by atoms with Gasteiger partial charge in [-0.25, -0.2) is 0 Å². The zero-order chi connectivity index (χ0) is 12.5. The number of aliphatic hydroxyl groups is 1. The first-order valence-corrected chi connectivity index (χ1v) is 6.89. The summed E-state index contributed by atoms with van der Waals surface area (Å²) >= 11 is 0. The van der Waals surface area contributed by atoms with Gasteiger partial charge >= 0.3 is 0 Å². The van der Waals surface area contributed by atoms with E-state index in [1.807, 2.05) is 13.8 Å². The first-order chi connectivity index (χ1) is 8.00. The maximum absolute atomic E-state index is 10.7. The molecule has 0 aromatic rings. The average Bonchev–Trinajstić information content (AvgIpc) is 2.76. The fraction of sp³-hybridized carbons (Fsp3) is 1.00. The van der Waals surface area contributed by atoms with Gasteiger partial charge in [0.1, 0.15) is 0 Å². The highest BCUT2D eigenvalue weighted by Gasteiger charge is 2.47. The maximum Gasteiger partial charge on any atom is 0.0907 e. The fourth-order valence-corrected chi connectivity index (χ4v) is 3.46. The van der Waals surface area contributed by atoms with E-state index < -0.39 is 5.60 Å². The lowest BCUT2D eigenvalue weighted by atomic mass is 9.74. The van der Waals surface area contributed by atoms with Crippen LogP contribution in [0.3, 0.4) is 0 Å². The van der Waals surface area contributed by atoms with Crippen molar-refractivity contribution in [3.8, 4) is 0 Å². The van der Waals surface area contributed by atoms with Crippen molar-refractivity contribution in [3.05, 3.63) is 0 Å². The summed E-state index contributed by atoms with van der Waals surface area (Å²) in [6.07, 6.45) is 6.70. The largest absolute Gasteiger partial charge is 0.387 e. The molecule has 3 nitrogen and oxygen atoms in total. The molecule has 2 rings (SSSR count). The van der Waals surface area contributed by atoms with Crippen LogP contribution in [0.25, 0.3) is 0 Å². The Morgan fingerprint density at radius 1 is 1.41 bits per heavy atom. The van der Waals surface area contributed by atoms with Gasteiger partial charge in [0.25, 0.3) is 0 Å². The SMILES string of the molecule is COC(C)C(C)(O)C1CCOC2(CCCC2)C1. The van der Waals surface area contributed by atoms with Crippen molar-refractivity contribution < 1.29 is 14.6 Å². The van der Waals surface area contributed by atoms with Crippen LogP contribution in [0.15, 0.2) is 0 Å². The Morgan fingerprint density at radius 3 is 2.65 bits per heavy atom. The molecule has 1 heterocycles. The number of ether oxygens (including phenoxy) is 2. The highest BCUT2D eigenvalue weighted by Crippen LogP contribution is 2.45. The molecule has 0 aromatic carbocycles. The molecule has 2 aliphatic rings. The third-order valence-electron chi connectivity index (χ3n) is 5.01. The Bertz CT molecular complexity index is 256. The molecular weight excluding hydrogens is 216 g/mol. The molecule has 0 aromatic heterocycles. The molecule has 1 saturated carbocycles. The molecule has 0 radical (unpaired) electrons. The molecule has 3 heteroatoms. The van der Waals surface area contributed by atoms with Gasteiger partial charge in [-0.1, -0.05) is 12.8 Å². The second-order valence-corrected chi connectivity index (χ2v) is 6.03. The average molecular weight is 242 g/mol. The van der Waals surface area contributed by atoms with Crippen LogP contribution in [-0.4, -0.2) is 36.1 Å². The van der Waals surface area contributed by atoms with E-state index in [0.29, 0.717) is 5.92 Å². The lowest BCUT2D eigenvalue weighted by molar-refractivity contribution is -0.168. The standard InChI is InChI=1S/C14H26O3/c1-11(16-3)13(2,15)12-6-9-17-14(10-12)7-4-5-8-14/h11-12,15H,4-10H2,1-3H3. The van der Waals surface area contributed by atoms with Gasteiger partial charge in [0.05, 0.1) is 17.3 Å². The lowest BCUT2D eigenvalue weighted by Gasteiger charge is -2.45. The lowest BCUT2D eigenvalue weighted by Crippen LogP contribution is -2.51. The normalized spacial score (nSPS) is 33.5. The Labute approximate surface area is 104 Å². The van der Waals surface area contributed by atoms with Crippen LogP contribution in [0, 0.1) is 5.92 Å². The van der Waals surface area contributed by atoms with Gasteiger partial charge in [0.2, 0.25) is 0 Å². The first-order valence-electron chi connectivity index (χ1n) is 6.89. The predicted octanol–water partition coefficient (Wildman–Crippen LogP) is 2.51. The van der Waals surface area contributed by atoms with Gasteiger partial charge in [0, 0.05) is 13.7 Å². The predicted molar refractivity (Wildman–Crippen MR) is 67.0 cm³/mol. The number of hydrogen-bond acceptors (Lipinski definition) is 3. The van der Waals surface area contributed by atoms with Crippen molar-refractivity contribution >= 4 is 0 Å². The second kappa shape index (κ2) is 4.87. The fourth-order valence-electron chi connectivity index (χ4n) is 3.46. The van der Waals surface area contributed by atoms with Crippen molar-refractivity contribution in [2.45, 2.75) is 69.7 Å². The summed E-state index contributed by atoms with van der Waals surface area (Å²) in [4.78, 5) is 0. The molecule has 3 atom stereocenters. The molecule has 1 N–H and O–H groups in total. The number of hydrogen-bond donors (Lipinski definition) is 1. The van der Waals surface area contributed by atoms with E-state index in [0.717, 1.165) is 19.4 Å². The summed E-state index contributed by atoms with van der Waals surface area (Å²) in [7, 11) is 1.67. The van der Waals surface area contributed by atoms with Gasteiger partial charge in [-0.15, -0.1) is 0 Å². The van der Waals surface area contributed by atoms with E-state index in [1.54, 1.807) is 7.11 Å². The zero-order valence-corrected chi connectivity index (χ0v) is 11.4. The molecule has 1 saturated heterocycles. The molecule has 1 aliphatic carbocycles. The summed E-state index contributed by atoms with van der Waals surface area (Å²) in [6.45, 7) is 4.66. The van der Waals surface area contributed by atoms with Gasteiger partial charge in [-0.05, 0) is 45.4 Å². The van der Waals surface area contributed by atoms with E-state index in [9.17, 15) is 5.11 Å². The van der Waals surface area contributed by atoms with E-state index in [4.69, 9.17) is 9.47 Å². The molecular formula is C14H26O3. The van der Waals surface area contributed by atoms with Crippen LogP contribution < -0.4 is 0 Å². The molecule has 2 fully saturated rings. The second-order valence-electron chi connectivity index (χ2n) is 6.03. The monoisotopic (exact) mass is 242 g/mol. The number of rotatable bonds is 3. The number of methoxy groups -OCH3 is 1. The van der Waals surface area contributed by atoms with Crippen LogP contribution in [0.2, 0.25) is 0 Å². The van der Waals surface area contributed by atoms with Crippen molar-refractivity contribution in [1.82, 2.24) is 0 Å². The van der Waals surface area contributed by atoms with Gasteiger partial charge in [-0.2, -0.15) is 0 Å². The summed E-state index contributed by atoms with van der Waals surface area (Å²) in [5, 5.41) is 10.7. The Hall–Kier alpha value is -0.120. The third kappa shape index (κ3) is 2.51. The molecule has 100 valence electrons. The van der Waals surface area contributed by atoms with Crippen molar-refractivity contribution in [1.29, 1.82) is 0 Å². The molecule has 3 unspecified atom stereocenters. The Kier molecular flexibility index (Phi) is 3.81. The Balaban J connectivity index is 2.06. The van der Waals surface area contributed by atoms with E-state index in [-0.39, 0.29) is 11.7 Å². The zero-order valence-electron chi connectivity index (χ0n) is 11.4. The van der Waals surface area contributed by atoms with Crippen LogP contribution in [0.5, 0.6) is 0 Å². The minimum atomic E-state index is -0.742. The van der Waals surface area contributed by atoms with E-state index in [1.165, 1.54) is 25.7 Å². The highest BCUT2D eigenvalue weighted by atomic mass is 16.5. The van der Waals surface area contributed by atoms with Crippen LogP contribution in [0.1, 0.15) is 52.4 Å². The topological polar surface area (TPSA) is 38.7 Å². The molecule has 1 spiro atoms. The Morgan fingerprint density at radius 2 is 2.06 bits per heavy atom. The molecule has 0 amide bonds. The summed E-state index contributed by atoms with van der Waals surface area (Å²) < 4.78 is 11.3. The third-order valence-corrected chi connectivity index (χ3v) is 5.01. The van der Waals surface area contributed by atoms with Crippen LogP contribution in [0.4, 0.5) is 0 Å². The van der Waals surface area contributed by atoms with Crippen molar-refractivity contribution in [2.75, 3.05) is 13.7 Å². The van der Waals surface area contributed by atoms with E-state index >= 15 is 0 Å². The minimum Gasteiger partial charge on any atom is -0.387 e. The first kappa shape index (κ1) is 13.3.